The quantitative estimate of drug-likeness (QED) is 0.894. The average molecular weight is 336 g/mol. The van der Waals surface area contributed by atoms with E-state index in [1.54, 1.807) is 19.1 Å². The van der Waals surface area contributed by atoms with Crippen molar-refractivity contribution in [3.63, 3.8) is 0 Å². The zero-order valence-corrected chi connectivity index (χ0v) is 12.8. The first-order chi connectivity index (χ1) is 11.3. The van der Waals surface area contributed by atoms with Gasteiger partial charge in [0.1, 0.15) is 0 Å². The Morgan fingerprint density at radius 1 is 1.00 bits per heavy atom. The number of benzene rings is 2. The summed E-state index contributed by atoms with van der Waals surface area (Å²) in [6.45, 7) is 2.16. The zero-order chi connectivity index (χ0) is 17.7. The molecule has 4 nitrogen and oxygen atoms in total. The summed E-state index contributed by atoms with van der Waals surface area (Å²) in [6, 6.07) is 10.4. The Bertz CT molecular complexity index is 757. The first-order valence-corrected chi connectivity index (χ1v) is 7.18. The van der Waals surface area contributed by atoms with Gasteiger partial charge in [0.25, 0.3) is 11.8 Å². The molecule has 0 saturated carbocycles. The fourth-order valence-electron chi connectivity index (χ4n) is 2.08. The van der Waals surface area contributed by atoms with Crippen molar-refractivity contribution in [3.05, 3.63) is 65.2 Å². The molecule has 0 bridgehead atoms. The number of carbonyl (C=O) groups excluding carboxylic acids is 2. The van der Waals surface area contributed by atoms with Crippen molar-refractivity contribution in [1.82, 2.24) is 5.32 Å². The molecule has 0 radical (unpaired) electrons. The largest absolute Gasteiger partial charge is 0.416 e. The maximum atomic E-state index is 12.7. The van der Waals surface area contributed by atoms with Gasteiger partial charge in [-0.25, -0.2) is 0 Å². The molecule has 2 N–H and O–H groups in total. The van der Waals surface area contributed by atoms with Crippen molar-refractivity contribution in [3.8, 4) is 0 Å². The van der Waals surface area contributed by atoms with Crippen molar-refractivity contribution < 1.29 is 22.8 Å². The lowest BCUT2D eigenvalue weighted by Crippen LogP contribution is -2.24. The molecule has 0 aromatic heterocycles. The van der Waals surface area contributed by atoms with Crippen molar-refractivity contribution in [2.24, 2.45) is 0 Å². The summed E-state index contributed by atoms with van der Waals surface area (Å²) in [6.07, 6.45) is -4.53. The van der Waals surface area contributed by atoms with Crippen molar-refractivity contribution in [1.29, 1.82) is 0 Å². The fraction of sp³-hybridized carbons (Fsp3) is 0.176. The maximum absolute atomic E-state index is 12.7. The Morgan fingerprint density at radius 3 is 2.38 bits per heavy atom. The van der Waals surface area contributed by atoms with Crippen LogP contribution in [0.4, 0.5) is 18.9 Å². The molecule has 0 unspecified atom stereocenters. The van der Waals surface area contributed by atoms with Gasteiger partial charge in [-0.2, -0.15) is 13.2 Å². The molecular formula is C17H15F3N2O2. The molecule has 2 aromatic rings. The SMILES string of the molecule is CCNC(=O)c1ccccc1NC(=O)c1cccc(C(F)(F)F)c1. The summed E-state index contributed by atoms with van der Waals surface area (Å²) in [4.78, 5) is 24.2. The number of para-hydroxylation sites is 1. The summed E-state index contributed by atoms with van der Waals surface area (Å²) in [5.41, 5.74) is -0.590. The van der Waals surface area contributed by atoms with E-state index in [2.05, 4.69) is 10.6 Å². The predicted molar refractivity (Wildman–Crippen MR) is 83.8 cm³/mol. The van der Waals surface area contributed by atoms with E-state index >= 15 is 0 Å². The molecule has 0 fully saturated rings. The lowest BCUT2D eigenvalue weighted by Gasteiger charge is -2.12. The van der Waals surface area contributed by atoms with Crippen LogP contribution in [-0.4, -0.2) is 18.4 Å². The number of alkyl halides is 3. The number of nitrogens with one attached hydrogen (secondary N) is 2. The van der Waals surface area contributed by atoms with Crippen LogP contribution in [0.5, 0.6) is 0 Å². The van der Waals surface area contributed by atoms with Gasteiger partial charge >= 0.3 is 6.18 Å². The van der Waals surface area contributed by atoms with Gasteiger partial charge in [0, 0.05) is 12.1 Å². The minimum absolute atomic E-state index is 0.143. The third-order valence-electron chi connectivity index (χ3n) is 3.21. The summed E-state index contributed by atoms with van der Waals surface area (Å²) in [5.74, 6) is -1.10. The number of carbonyl (C=O) groups is 2. The van der Waals surface area contributed by atoms with Gasteiger partial charge in [-0.15, -0.1) is 0 Å². The Labute approximate surface area is 136 Å². The molecule has 24 heavy (non-hydrogen) atoms. The molecule has 0 aliphatic heterocycles. The fourth-order valence-corrected chi connectivity index (χ4v) is 2.08. The smallest absolute Gasteiger partial charge is 0.352 e. The number of anilines is 1. The molecule has 0 aliphatic carbocycles. The lowest BCUT2D eigenvalue weighted by molar-refractivity contribution is -0.137. The van der Waals surface area contributed by atoms with E-state index in [-0.39, 0.29) is 22.7 Å². The van der Waals surface area contributed by atoms with Crippen LogP contribution in [0.25, 0.3) is 0 Å². The standard InChI is InChI=1S/C17H15F3N2O2/c1-2-21-16(24)13-8-3-4-9-14(13)22-15(23)11-6-5-7-12(10-11)17(18,19)20/h3-10H,2H2,1H3,(H,21,24)(H,22,23). The molecule has 0 atom stereocenters. The predicted octanol–water partition coefficient (Wildman–Crippen LogP) is 3.71. The molecule has 0 spiro atoms. The highest BCUT2D eigenvalue weighted by Gasteiger charge is 2.31. The van der Waals surface area contributed by atoms with E-state index < -0.39 is 17.6 Å². The minimum atomic E-state index is -4.53. The van der Waals surface area contributed by atoms with Gasteiger partial charge < -0.3 is 10.6 Å². The maximum Gasteiger partial charge on any atom is 0.416 e. The second-order valence-electron chi connectivity index (χ2n) is 4.94. The summed E-state index contributed by atoms with van der Waals surface area (Å²) in [5, 5.41) is 5.08. The zero-order valence-electron chi connectivity index (χ0n) is 12.8. The van der Waals surface area contributed by atoms with Crippen LogP contribution in [0.15, 0.2) is 48.5 Å². The van der Waals surface area contributed by atoms with Crippen LogP contribution in [-0.2, 0) is 6.18 Å². The highest BCUT2D eigenvalue weighted by molar-refractivity contribution is 6.09. The van der Waals surface area contributed by atoms with Gasteiger partial charge in [0.05, 0.1) is 16.8 Å². The molecular weight excluding hydrogens is 321 g/mol. The molecule has 7 heteroatoms. The first-order valence-electron chi connectivity index (χ1n) is 7.18. The number of hydrogen-bond acceptors (Lipinski definition) is 2. The van der Waals surface area contributed by atoms with Crippen LogP contribution in [0.1, 0.15) is 33.2 Å². The first kappa shape index (κ1) is 17.5. The van der Waals surface area contributed by atoms with E-state index in [0.717, 1.165) is 18.2 Å². The second kappa shape index (κ2) is 7.16. The van der Waals surface area contributed by atoms with E-state index in [0.29, 0.717) is 6.54 Å². The van der Waals surface area contributed by atoms with Gasteiger partial charge in [-0.1, -0.05) is 18.2 Å². The normalized spacial score (nSPS) is 11.0. The molecule has 0 aliphatic rings. The van der Waals surface area contributed by atoms with Gasteiger partial charge in [0.2, 0.25) is 0 Å². The summed E-state index contributed by atoms with van der Waals surface area (Å²) < 4.78 is 38.2. The van der Waals surface area contributed by atoms with Gasteiger partial charge in [-0.3, -0.25) is 9.59 Å². The van der Waals surface area contributed by atoms with Crippen LogP contribution in [0.3, 0.4) is 0 Å². The van der Waals surface area contributed by atoms with Crippen molar-refractivity contribution in [2.45, 2.75) is 13.1 Å². The summed E-state index contributed by atoms with van der Waals surface area (Å²) >= 11 is 0. The third-order valence-corrected chi connectivity index (χ3v) is 3.21. The highest BCUT2D eigenvalue weighted by atomic mass is 19.4. The monoisotopic (exact) mass is 336 g/mol. The molecule has 2 amide bonds. The third kappa shape index (κ3) is 4.13. The van der Waals surface area contributed by atoms with Gasteiger partial charge in [0.15, 0.2) is 0 Å². The average Bonchev–Trinajstić information content (AvgIpc) is 2.55. The Morgan fingerprint density at radius 2 is 1.71 bits per heavy atom. The topological polar surface area (TPSA) is 58.2 Å². The van der Waals surface area contributed by atoms with Crippen LogP contribution >= 0.6 is 0 Å². The van der Waals surface area contributed by atoms with E-state index in [1.165, 1.54) is 18.2 Å². The number of amides is 2. The van der Waals surface area contributed by atoms with Crippen molar-refractivity contribution in [2.75, 3.05) is 11.9 Å². The number of rotatable bonds is 4. The van der Waals surface area contributed by atoms with E-state index in [4.69, 9.17) is 0 Å². The van der Waals surface area contributed by atoms with E-state index in [9.17, 15) is 22.8 Å². The Balaban J connectivity index is 2.26. The molecule has 0 heterocycles. The van der Waals surface area contributed by atoms with Crippen molar-refractivity contribution >= 4 is 17.5 Å². The van der Waals surface area contributed by atoms with Crippen LogP contribution in [0, 0.1) is 0 Å². The Kier molecular flexibility index (Phi) is 5.23. The lowest BCUT2D eigenvalue weighted by atomic mass is 10.1. The molecule has 0 saturated heterocycles. The number of hydrogen-bond donors (Lipinski definition) is 2. The Hall–Kier alpha value is -2.83. The minimum Gasteiger partial charge on any atom is -0.352 e. The van der Waals surface area contributed by atoms with Crippen LogP contribution < -0.4 is 10.6 Å². The molecule has 126 valence electrons. The van der Waals surface area contributed by atoms with E-state index in [1.807, 2.05) is 0 Å². The second-order valence-corrected chi connectivity index (χ2v) is 4.94. The van der Waals surface area contributed by atoms with Gasteiger partial charge in [-0.05, 0) is 37.3 Å². The summed E-state index contributed by atoms with van der Waals surface area (Å²) in [7, 11) is 0. The molecule has 2 rings (SSSR count). The molecule has 2 aromatic carbocycles. The van der Waals surface area contributed by atoms with Crippen LogP contribution in [0.2, 0.25) is 0 Å². The number of halogens is 3. The highest BCUT2D eigenvalue weighted by Crippen LogP contribution is 2.29.